The lowest BCUT2D eigenvalue weighted by molar-refractivity contribution is 0.0950. The number of aromatic nitrogens is 3. The Morgan fingerprint density at radius 1 is 1.31 bits per heavy atom. The van der Waals surface area contributed by atoms with E-state index in [-0.39, 0.29) is 5.91 Å². The summed E-state index contributed by atoms with van der Waals surface area (Å²) < 4.78 is 3.19. The Morgan fingerprint density at radius 2 is 2.23 bits per heavy atom. The number of rotatable bonds is 5. The summed E-state index contributed by atoms with van der Waals surface area (Å²) in [6, 6.07) is 7.76. The average molecular weight is 369 g/mol. The molecule has 136 valence electrons. The maximum Gasteiger partial charge on any atom is 0.251 e. The molecule has 26 heavy (non-hydrogen) atoms. The van der Waals surface area contributed by atoms with Crippen molar-refractivity contribution >= 4 is 27.5 Å². The van der Waals surface area contributed by atoms with Crippen LogP contribution in [0.1, 0.15) is 41.5 Å². The predicted octanol–water partition coefficient (Wildman–Crippen LogP) is 3.04. The smallest absolute Gasteiger partial charge is 0.251 e. The van der Waals surface area contributed by atoms with Gasteiger partial charge in [0.2, 0.25) is 0 Å². The van der Waals surface area contributed by atoms with Crippen LogP contribution in [0, 0.1) is 0 Å². The standard InChI is InChI=1S/C19H23N5OS/c1-2-6-23-7-3-8-24-16(12-23)10-15(22-24)11-20-19(25)14-4-5-18-17(9-14)21-13-26-18/h4-5,9-10,13H,2-3,6-8,11-12H2,1H3,(H,20,25). The minimum Gasteiger partial charge on any atom is -0.346 e. The minimum atomic E-state index is -0.0873. The van der Waals surface area contributed by atoms with Crippen LogP contribution in [0.3, 0.4) is 0 Å². The first-order valence-corrected chi connectivity index (χ1v) is 10.0. The monoisotopic (exact) mass is 369 g/mol. The number of carbonyl (C=O) groups is 1. The number of aryl methyl sites for hydroxylation is 1. The molecule has 1 aromatic carbocycles. The van der Waals surface area contributed by atoms with E-state index < -0.39 is 0 Å². The molecule has 0 saturated carbocycles. The summed E-state index contributed by atoms with van der Waals surface area (Å²) in [6.45, 7) is 6.80. The molecule has 1 amide bonds. The van der Waals surface area contributed by atoms with Gasteiger partial charge in [-0.15, -0.1) is 11.3 Å². The van der Waals surface area contributed by atoms with Gasteiger partial charge in [-0.3, -0.25) is 14.4 Å². The maximum absolute atomic E-state index is 12.4. The largest absolute Gasteiger partial charge is 0.346 e. The number of hydrogen-bond donors (Lipinski definition) is 1. The lowest BCUT2D eigenvalue weighted by atomic mass is 10.2. The van der Waals surface area contributed by atoms with E-state index in [1.165, 1.54) is 12.1 Å². The number of fused-ring (bicyclic) bond motifs is 2. The fourth-order valence-corrected chi connectivity index (χ4v) is 4.11. The van der Waals surface area contributed by atoms with E-state index in [0.717, 1.165) is 48.5 Å². The van der Waals surface area contributed by atoms with Gasteiger partial charge in [0.05, 0.1) is 33.7 Å². The summed E-state index contributed by atoms with van der Waals surface area (Å²) >= 11 is 1.58. The number of nitrogens with one attached hydrogen (secondary N) is 1. The lowest BCUT2D eigenvalue weighted by Gasteiger charge is -2.17. The van der Waals surface area contributed by atoms with Crippen LogP contribution in [0.5, 0.6) is 0 Å². The molecule has 0 atom stereocenters. The normalized spacial score (nSPS) is 15.0. The maximum atomic E-state index is 12.4. The van der Waals surface area contributed by atoms with E-state index in [0.29, 0.717) is 12.1 Å². The van der Waals surface area contributed by atoms with E-state index in [4.69, 9.17) is 0 Å². The fraction of sp³-hybridized carbons (Fsp3) is 0.421. The van der Waals surface area contributed by atoms with Crippen LogP contribution in [0.25, 0.3) is 10.2 Å². The van der Waals surface area contributed by atoms with E-state index in [1.807, 2.05) is 18.2 Å². The van der Waals surface area contributed by atoms with Crippen molar-refractivity contribution in [1.82, 2.24) is 25.0 Å². The van der Waals surface area contributed by atoms with Gasteiger partial charge >= 0.3 is 0 Å². The summed E-state index contributed by atoms with van der Waals surface area (Å²) in [6.07, 6.45) is 2.29. The van der Waals surface area contributed by atoms with Crippen molar-refractivity contribution in [1.29, 1.82) is 0 Å². The van der Waals surface area contributed by atoms with E-state index >= 15 is 0 Å². The van der Waals surface area contributed by atoms with Gasteiger partial charge in [-0.05, 0) is 43.7 Å². The molecular formula is C19H23N5OS. The van der Waals surface area contributed by atoms with Gasteiger partial charge in [0, 0.05) is 25.2 Å². The number of hydrogen-bond acceptors (Lipinski definition) is 5. The molecule has 4 rings (SSSR count). The molecule has 0 fully saturated rings. The zero-order valence-corrected chi connectivity index (χ0v) is 15.8. The van der Waals surface area contributed by atoms with Crippen molar-refractivity contribution in [2.45, 2.75) is 39.4 Å². The third-order valence-corrected chi connectivity index (χ3v) is 5.52. The molecular weight excluding hydrogens is 346 g/mol. The second kappa shape index (κ2) is 7.55. The highest BCUT2D eigenvalue weighted by Crippen LogP contribution is 2.19. The Balaban J connectivity index is 1.41. The first kappa shape index (κ1) is 17.2. The molecule has 0 unspecified atom stereocenters. The van der Waals surface area contributed by atoms with Crippen molar-refractivity contribution in [3.8, 4) is 0 Å². The minimum absolute atomic E-state index is 0.0873. The van der Waals surface area contributed by atoms with E-state index in [2.05, 4.69) is 38.0 Å². The van der Waals surface area contributed by atoms with Gasteiger partial charge in [-0.25, -0.2) is 4.98 Å². The van der Waals surface area contributed by atoms with Crippen molar-refractivity contribution in [3.05, 3.63) is 46.7 Å². The van der Waals surface area contributed by atoms with Gasteiger partial charge in [-0.1, -0.05) is 6.92 Å². The highest BCUT2D eigenvalue weighted by molar-refractivity contribution is 7.16. The van der Waals surface area contributed by atoms with Crippen LogP contribution in [-0.4, -0.2) is 38.7 Å². The fourth-order valence-electron chi connectivity index (χ4n) is 3.45. The van der Waals surface area contributed by atoms with E-state index in [9.17, 15) is 4.79 Å². The average Bonchev–Trinajstić information content (AvgIpc) is 3.22. The second-order valence-electron chi connectivity index (χ2n) is 6.70. The first-order valence-electron chi connectivity index (χ1n) is 9.12. The van der Waals surface area contributed by atoms with Gasteiger partial charge < -0.3 is 5.32 Å². The predicted molar refractivity (Wildman–Crippen MR) is 103 cm³/mol. The number of thiazole rings is 1. The SMILES string of the molecule is CCCN1CCCn2nc(CNC(=O)c3ccc4scnc4c3)cc2C1. The second-order valence-corrected chi connectivity index (χ2v) is 7.58. The molecule has 0 saturated heterocycles. The molecule has 0 bridgehead atoms. The molecule has 0 radical (unpaired) electrons. The highest BCUT2D eigenvalue weighted by atomic mass is 32.1. The van der Waals surface area contributed by atoms with E-state index in [1.54, 1.807) is 16.8 Å². The third kappa shape index (κ3) is 3.64. The Labute approximate surface area is 156 Å². The van der Waals surface area contributed by atoms with Gasteiger partial charge in [0.25, 0.3) is 5.91 Å². The molecule has 6 nitrogen and oxygen atoms in total. The summed E-state index contributed by atoms with van der Waals surface area (Å²) in [4.78, 5) is 19.2. The number of nitrogens with zero attached hydrogens (tertiary/aromatic N) is 4. The topological polar surface area (TPSA) is 63.1 Å². The Morgan fingerprint density at radius 3 is 3.12 bits per heavy atom. The summed E-state index contributed by atoms with van der Waals surface area (Å²) in [5.74, 6) is -0.0873. The van der Waals surface area contributed by atoms with Gasteiger partial charge in [0.1, 0.15) is 0 Å². The van der Waals surface area contributed by atoms with Crippen molar-refractivity contribution in [2.75, 3.05) is 13.1 Å². The van der Waals surface area contributed by atoms with Gasteiger partial charge in [-0.2, -0.15) is 5.10 Å². The number of benzene rings is 1. The number of amides is 1. The zero-order valence-electron chi connectivity index (χ0n) is 14.9. The van der Waals surface area contributed by atoms with Crippen LogP contribution in [0.2, 0.25) is 0 Å². The van der Waals surface area contributed by atoms with Crippen molar-refractivity contribution in [2.24, 2.45) is 0 Å². The zero-order chi connectivity index (χ0) is 17.9. The Hall–Kier alpha value is -2.25. The molecule has 3 aromatic rings. The summed E-state index contributed by atoms with van der Waals surface area (Å²) in [7, 11) is 0. The van der Waals surface area contributed by atoms with Crippen LogP contribution in [-0.2, 0) is 19.6 Å². The molecule has 7 heteroatoms. The Kier molecular flexibility index (Phi) is 4.99. The molecule has 1 aliphatic heterocycles. The molecule has 3 heterocycles. The summed E-state index contributed by atoms with van der Waals surface area (Å²) in [5, 5.41) is 7.66. The third-order valence-electron chi connectivity index (χ3n) is 4.71. The molecule has 2 aromatic heterocycles. The quantitative estimate of drug-likeness (QED) is 0.751. The van der Waals surface area contributed by atoms with Crippen molar-refractivity contribution in [3.63, 3.8) is 0 Å². The molecule has 1 N–H and O–H groups in total. The van der Waals surface area contributed by atoms with Crippen LogP contribution in [0.15, 0.2) is 29.8 Å². The number of carbonyl (C=O) groups excluding carboxylic acids is 1. The van der Waals surface area contributed by atoms with Crippen molar-refractivity contribution < 1.29 is 4.79 Å². The van der Waals surface area contributed by atoms with Crippen LogP contribution in [0.4, 0.5) is 0 Å². The molecule has 1 aliphatic rings. The first-order chi connectivity index (χ1) is 12.7. The molecule has 0 spiro atoms. The molecule has 0 aliphatic carbocycles. The lowest BCUT2D eigenvalue weighted by Crippen LogP contribution is -2.24. The van der Waals surface area contributed by atoms with Gasteiger partial charge in [0.15, 0.2) is 0 Å². The van der Waals surface area contributed by atoms with Crippen LogP contribution < -0.4 is 5.32 Å². The Bertz CT molecular complexity index is 916. The summed E-state index contributed by atoms with van der Waals surface area (Å²) in [5.41, 5.74) is 5.46. The highest BCUT2D eigenvalue weighted by Gasteiger charge is 2.16. The van der Waals surface area contributed by atoms with Crippen LogP contribution >= 0.6 is 11.3 Å².